The van der Waals surface area contributed by atoms with Crippen LogP contribution in [-0.2, 0) is 6.42 Å². The minimum atomic E-state index is 0.298. The summed E-state index contributed by atoms with van der Waals surface area (Å²) in [5, 5.41) is 6.63. The number of fused-ring (bicyclic) bond motifs is 1. The fraction of sp³-hybridized carbons (Fsp3) is 0.400. The van der Waals surface area contributed by atoms with Crippen LogP contribution in [0.1, 0.15) is 23.5 Å². The fourth-order valence-corrected chi connectivity index (χ4v) is 2.88. The second kappa shape index (κ2) is 6.24. The molecule has 0 spiro atoms. The van der Waals surface area contributed by atoms with Crippen molar-refractivity contribution in [2.24, 2.45) is 0 Å². The normalized spacial score (nSPS) is 15.1. The molecule has 0 amide bonds. The molecule has 2 aromatic rings. The van der Waals surface area contributed by atoms with E-state index in [0.29, 0.717) is 19.3 Å². The highest BCUT2D eigenvalue weighted by atomic mass is 32.1. The van der Waals surface area contributed by atoms with E-state index < -0.39 is 0 Å². The highest BCUT2D eigenvalue weighted by molar-refractivity contribution is 7.09. The lowest BCUT2D eigenvalue weighted by molar-refractivity contribution is 0.171. The summed E-state index contributed by atoms with van der Waals surface area (Å²) >= 11 is 1.69. The van der Waals surface area contributed by atoms with Crippen LogP contribution in [0.4, 0.5) is 0 Å². The van der Waals surface area contributed by atoms with Crippen molar-refractivity contribution in [2.45, 2.75) is 19.4 Å². The molecule has 1 aromatic heterocycles. The quantitative estimate of drug-likeness (QED) is 0.919. The van der Waals surface area contributed by atoms with Gasteiger partial charge < -0.3 is 14.8 Å². The third-order valence-corrected chi connectivity index (χ3v) is 4.25. The smallest absolute Gasteiger partial charge is 0.161 e. The SMILES string of the molecule is CC(NCCc1ccc2c(c1)OCCO2)c1nccs1. The van der Waals surface area contributed by atoms with Gasteiger partial charge in [0.25, 0.3) is 0 Å². The number of nitrogens with zero attached hydrogens (tertiary/aromatic N) is 1. The molecule has 1 aromatic carbocycles. The Morgan fingerprint density at radius 1 is 1.30 bits per heavy atom. The number of nitrogens with one attached hydrogen (secondary N) is 1. The summed E-state index contributed by atoms with van der Waals surface area (Å²) in [5.74, 6) is 1.71. The number of thiazole rings is 1. The molecule has 0 saturated carbocycles. The number of aromatic nitrogens is 1. The van der Waals surface area contributed by atoms with E-state index in [9.17, 15) is 0 Å². The van der Waals surface area contributed by atoms with E-state index in [-0.39, 0.29) is 0 Å². The fourth-order valence-electron chi connectivity index (χ4n) is 2.21. The van der Waals surface area contributed by atoms with Gasteiger partial charge in [-0.15, -0.1) is 11.3 Å². The molecular weight excluding hydrogens is 272 g/mol. The Labute approximate surface area is 122 Å². The van der Waals surface area contributed by atoms with Crippen molar-refractivity contribution in [3.8, 4) is 11.5 Å². The average Bonchev–Trinajstić information content (AvgIpc) is 3.01. The van der Waals surface area contributed by atoms with Crippen molar-refractivity contribution in [1.29, 1.82) is 0 Å². The molecule has 5 heteroatoms. The first-order valence-corrected chi connectivity index (χ1v) is 7.72. The van der Waals surface area contributed by atoms with Crippen LogP contribution in [0.3, 0.4) is 0 Å². The van der Waals surface area contributed by atoms with Gasteiger partial charge >= 0.3 is 0 Å². The first-order chi connectivity index (χ1) is 9.83. The van der Waals surface area contributed by atoms with E-state index in [1.165, 1.54) is 5.56 Å². The summed E-state index contributed by atoms with van der Waals surface area (Å²) in [6.07, 6.45) is 2.81. The van der Waals surface area contributed by atoms with E-state index in [1.807, 2.05) is 17.6 Å². The molecule has 2 heterocycles. The summed E-state index contributed by atoms with van der Waals surface area (Å²) < 4.78 is 11.1. The van der Waals surface area contributed by atoms with Gasteiger partial charge in [0, 0.05) is 11.6 Å². The summed E-state index contributed by atoms with van der Waals surface area (Å²) in [7, 11) is 0. The van der Waals surface area contributed by atoms with Crippen molar-refractivity contribution >= 4 is 11.3 Å². The van der Waals surface area contributed by atoms with Crippen LogP contribution in [0.25, 0.3) is 0 Å². The molecule has 0 saturated heterocycles. The average molecular weight is 290 g/mol. The number of hydrogen-bond donors (Lipinski definition) is 1. The molecule has 1 unspecified atom stereocenters. The van der Waals surface area contributed by atoms with Gasteiger partial charge in [0.1, 0.15) is 18.2 Å². The summed E-state index contributed by atoms with van der Waals surface area (Å²) in [6.45, 7) is 4.33. The lowest BCUT2D eigenvalue weighted by atomic mass is 10.1. The van der Waals surface area contributed by atoms with Crippen molar-refractivity contribution in [3.63, 3.8) is 0 Å². The molecule has 0 bridgehead atoms. The van der Waals surface area contributed by atoms with Crippen LogP contribution >= 0.6 is 11.3 Å². The van der Waals surface area contributed by atoms with Gasteiger partial charge in [0.05, 0.1) is 6.04 Å². The Bertz CT molecular complexity index is 557. The van der Waals surface area contributed by atoms with Crippen LogP contribution < -0.4 is 14.8 Å². The van der Waals surface area contributed by atoms with E-state index in [2.05, 4.69) is 29.4 Å². The zero-order valence-electron chi connectivity index (χ0n) is 11.5. The topological polar surface area (TPSA) is 43.4 Å². The lowest BCUT2D eigenvalue weighted by Gasteiger charge is -2.19. The number of benzene rings is 1. The lowest BCUT2D eigenvalue weighted by Crippen LogP contribution is -2.21. The van der Waals surface area contributed by atoms with Gasteiger partial charge in [-0.3, -0.25) is 0 Å². The Kier molecular flexibility index (Phi) is 4.18. The van der Waals surface area contributed by atoms with Crippen LogP contribution in [0, 0.1) is 0 Å². The molecule has 106 valence electrons. The molecule has 0 aliphatic carbocycles. The monoisotopic (exact) mass is 290 g/mol. The third-order valence-electron chi connectivity index (χ3n) is 3.29. The summed E-state index contributed by atoms with van der Waals surface area (Å²) in [5.41, 5.74) is 1.26. The largest absolute Gasteiger partial charge is 0.486 e. The Morgan fingerprint density at radius 3 is 2.95 bits per heavy atom. The Morgan fingerprint density at radius 2 is 2.15 bits per heavy atom. The molecule has 4 nitrogen and oxygen atoms in total. The first-order valence-electron chi connectivity index (χ1n) is 6.84. The molecule has 1 atom stereocenters. The standard InChI is InChI=1S/C15H18N2O2S/c1-11(15-17-6-9-20-15)16-5-4-12-2-3-13-14(10-12)19-8-7-18-13/h2-3,6,9-11,16H,4-5,7-8H2,1H3. The maximum Gasteiger partial charge on any atom is 0.161 e. The maximum atomic E-state index is 5.60. The van der Waals surface area contributed by atoms with Gasteiger partial charge in [-0.2, -0.15) is 0 Å². The second-order valence-electron chi connectivity index (χ2n) is 4.77. The molecule has 1 aliphatic rings. The van der Waals surface area contributed by atoms with E-state index >= 15 is 0 Å². The molecular formula is C15H18N2O2S. The van der Waals surface area contributed by atoms with Gasteiger partial charge in [-0.1, -0.05) is 6.07 Å². The van der Waals surface area contributed by atoms with Crippen LogP contribution in [0.15, 0.2) is 29.8 Å². The van der Waals surface area contributed by atoms with Crippen LogP contribution in [0.2, 0.25) is 0 Å². The zero-order chi connectivity index (χ0) is 13.8. The Balaban J connectivity index is 1.53. The minimum Gasteiger partial charge on any atom is -0.486 e. The van der Waals surface area contributed by atoms with Crippen molar-refractivity contribution < 1.29 is 9.47 Å². The molecule has 0 fully saturated rings. The highest BCUT2D eigenvalue weighted by Gasteiger charge is 2.12. The van der Waals surface area contributed by atoms with Gasteiger partial charge in [-0.05, 0) is 37.6 Å². The molecule has 1 aliphatic heterocycles. The number of rotatable bonds is 5. The zero-order valence-corrected chi connectivity index (χ0v) is 12.3. The van der Waals surface area contributed by atoms with Crippen molar-refractivity contribution in [3.05, 3.63) is 40.3 Å². The predicted molar refractivity (Wildman–Crippen MR) is 79.7 cm³/mol. The van der Waals surface area contributed by atoms with Crippen LogP contribution in [-0.4, -0.2) is 24.7 Å². The van der Waals surface area contributed by atoms with E-state index in [0.717, 1.165) is 29.5 Å². The highest BCUT2D eigenvalue weighted by Crippen LogP contribution is 2.30. The third kappa shape index (κ3) is 3.11. The number of hydrogen-bond acceptors (Lipinski definition) is 5. The van der Waals surface area contributed by atoms with Crippen molar-refractivity contribution in [2.75, 3.05) is 19.8 Å². The molecule has 0 radical (unpaired) electrons. The predicted octanol–water partition coefficient (Wildman–Crippen LogP) is 2.81. The van der Waals surface area contributed by atoms with Gasteiger partial charge in [-0.25, -0.2) is 4.98 Å². The van der Waals surface area contributed by atoms with Gasteiger partial charge in [0.2, 0.25) is 0 Å². The van der Waals surface area contributed by atoms with Crippen LogP contribution in [0.5, 0.6) is 11.5 Å². The van der Waals surface area contributed by atoms with E-state index in [1.54, 1.807) is 11.3 Å². The first kappa shape index (κ1) is 13.4. The Hall–Kier alpha value is -1.59. The number of ether oxygens (including phenoxy) is 2. The van der Waals surface area contributed by atoms with E-state index in [4.69, 9.17) is 9.47 Å². The summed E-state index contributed by atoms with van der Waals surface area (Å²) in [6, 6.07) is 6.47. The maximum absolute atomic E-state index is 5.60. The molecule has 1 N–H and O–H groups in total. The molecule has 3 rings (SSSR count). The minimum absolute atomic E-state index is 0.298. The molecule has 20 heavy (non-hydrogen) atoms. The van der Waals surface area contributed by atoms with Crippen molar-refractivity contribution in [1.82, 2.24) is 10.3 Å². The summed E-state index contributed by atoms with van der Waals surface area (Å²) in [4.78, 5) is 4.32. The van der Waals surface area contributed by atoms with Gasteiger partial charge in [0.15, 0.2) is 11.5 Å². The second-order valence-corrected chi connectivity index (χ2v) is 5.70.